The minimum absolute atomic E-state index is 0.0106. The monoisotopic (exact) mass is 361 g/mol. The molecule has 0 spiro atoms. The number of rotatable bonds is 1. The molecule has 2 aliphatic rings. The van der Waals surface area contributed by atoms with Crippen LogP contribution in [0.25, 0.3) is 11.3 Å². The summed E-state index contributed by atoms with van der Waals surface area (Å²) in [6.07, 6.45) is 1.73. The van der Waals surface area contributed by atoms with E-state index in [1.54, 1.807) is 7.11 Å². The Balaban J connectivity index is 1.91. The van der Waals surface area contributed by atoms with E-state index in [0.29, 0.717) is 0 Å². The summed E-state index contributed by atoms with van der Waals surface area (Å²) < 4.78 is 8.15. The molecule has 0 fully saturated rings. The molecule has 2 aromatic rings. The van der Waals surface area contributed by atoms with Gasteiger partial charge in [-0.2, -0.15) is 5.10 Å². The van der Waals surface area contributed by atoms with Crippen molar-refractivity contribution >= 4 is 21.8 Å². The van der Waals surface area contributed by atoms with E-state index in [0.717, 1.165) is 52.1 Å². The zero-order valence-corrected chi connectivity index (χ0v) is 14.0. The van der Waals surface area contributed by atoms with Gasteiger partial charge in [0.15, 0.2) is 0 Å². The van der Waals surface area contributed by atoms with Crippen molar-refractivity contribution in [1.29, 1.82) is 0 Å². The first kappa shape index (κ1) is 13.8. The molecule has 1 aliphatic heterocycles. The molecule has 0 saturated heterocycles. The fourth-order valence-electron chi connectivity index (χ4n) is 3.37. The van der Waals surface area contributed by atoms with Crippen LogP contribution in [0.1, 0.15) is 28.5 Å². The predicted octanol–water partition coefficient (Wildman–Crippen LogP) is 2.55. The molecular formula is C16H16BrN3O2. The quantitative estimate of drug-likeness (QED) is 0.848. The second-order valence-electron chi connectivity index (χ2n) is 5.88. The summed E-state index contributed by atoms with van der Waals surface area (Å²) in [4.78, 5) is 12.3. The molecule has 5 nitrogen and oxygen atoms in total. The first-order valence-electron chi connectivity index (χ1n) is 7.36. The van der Waals surface area contributed by atoms with Gasteiger partial charge in [-0.3, -0.25) is 9.48 Å². The van der Waals surface area contributed by atoms with Gasteiger partial charge in [0.2, 0.25) is 0 Å². The molecule has 1 amide bonds. The Morgan fingerprint density at radius 2 is 2.23 bits per heavy atom. The summed E-state index contributed by atoms with van der Waals surface area (Å²) in [5.74, 6) is 0.820. The number of methoxy groups -OCH3 is 1. The van der Waals surface area contributed by atoms with Gasteiger partial charge in [-0.05, 0) is 53.4 Å². The van der Waals surface area contributed by atoms with Crippen LogP contribution < -0.4 is 10.1 Å². The van der Waals surface area contributed by atoms with E-state index in [2.05, 4.69) is 27.3 Å². The van der Waals surface area contributed by atoms with Crippen molar-refractivity contribution < 1.29 is 9.53 Å². The normalized spacial score (nSPS) is 19.0. The molecule has 1 aromatic carbocycles. The van der Waals surface area contributed by atoms with Crippen LogP contribution in [0, 0.1) is 0 Å². The van der Waals surface area contributed by atoms with E-state index in [4.69, 9.17) is 9.84 Å². The third-order valence-electron chi connectivity index (χ3n) is 4.37. The standard InChI is InChI=1S/C16H16BrN3O2/c1-8-7-20-15(16(21)18-8)10-4-3-9-5-13(22-2)12(17)6-11(9)14(10)19-20/h5-6,8H,3-4,7H2,1-2H3,(H,18,21). The average molecular weight is 362 g/mol. The van der Waals surface area contributed by atoms with Gasteiger partial charge < -0.3 is 10.1 Å². The third-order valence-corrected chi connectivity index (χ3v) is 4.99. The van der Waals surface area contributed by atoms with Crippen molar-refractivity contribution in [2.75, 3.05) is 7.11 Å². The van der Waals surface area contributed by atoms with Crippen molar-refractivity contribution in [2.45, 2.75) is 32.4 Å². The lowest BCUT2D eigenvalue weighted by Gasteiger charge is -2.22. The number of carbonyl (C=O) groups excluding carboxylic acids is 1. The maximum Gasteiger partial charge on any atom is 0.270 e. The van der Waals surface area contributed by atoms with E-state index < -0.39 is 0 Å². The summed E-state index contributed by atoms with van der Waals surface area (Å²) in [5.41, 5.74) is 5.04. The number of carbonyl (C=O) groups is 1. The number of halogens is 1. The van der Waals surface area contributed by atoms with Crippen LogP contribution in [0.4, 0.5) is 0 Å². The fourth-order valence-corrected chi connectivity index (χ4v) is 3.88. The molecule has 0 saturated carbocycles. The van der Waals surface area contributed by atoms with Crippen molar-refractivity contribution in [3.05, 3.63) is 33.4 Å². The van der Waals surface area contributed by atoms with Crippen LogP contribution in [-0.2, 0) is 19.4 Å². The minimum Gasteiger partial charge on any atom is -0.496 e. The van der Waals surface area contributed by atoms with Crippen LogP contribution in [-0.4, -0.2) is 28.8 Å². The minimum atomic E-state index is -0.0106. The molecule has 0 radical (unpaired) electrons. The summed E-state index contributed by atoms with van der Waals surface area (Å²) in [7, 11) is 1.67. The molecule has 1 unspecified atom stereocenters. The summed E-state index contributed by atoms with van der Waals surface area (Å²) in [6.45, 7) is 2.72. The number of ether oxygens (including phenoxy) is 1. The number of amides is 1. The van der Waals surface area contributed by atoms with Crippen LogP contribution in [0.3, 0.4) is 0 Å². The molecule has 114 valence electrons. The number of fused-ring (bicyclic) bond motifs is 5. The van der Waals surface area contributed by atoms with Crippen LogP contribution >= 0.6 is 15.9 Å². The summed E-state index contributed by atoms with van der Waals surface area (Å²) in [5, 5.41) is 7.72. The SMILES string of the molecule is COc1cc2c(cc1Br)-c1nn3c(c1CC2)C(=O)NC(C)C3. The molecule has 4 rings (SSSR count). The lowest BCUT2D eigenvalue weighted by Crippen LogP contribution is -2.43. The number of aromatic nitrogens is 2. The third kappa shape index (κ3) is 1.90. The Labute approximate surface area is 136 Å². The number of hydrogen-bond donors (Lipinski definition) is 1. The topological polar surface area (TPSA) is 56.2 Å². The molecule has 22 heavy (non-hydrogen) atoms. The fraction of sp³-hybridized carbons (Fsp3) is 0.375. The number of nitrogens with zero attached hydrogens (tertiary/aromatic N) is 2. The van der Waals surface area contributed by atoms with E-state index in [1.807, 2.05) is 17.7 Å². The molecule has 6 heteroatoms. The van der Waals surface area contributed by atoms with E-state index in [1.165, 1.54) is 5.56 Å². The first-order valence-corrected chi connectivity index (χ1v) is 8.15. The maximum atomic E-state index is 12.3. The van der Waals surface area contributed by atoms with Crippen molar-refractivity contribution in [3.63, 3.8) is 0 Å². The van der Waals surface area contributed by atoms with E-state index in [9.17, 15) is 4.79 Å². The van der Waals surface area contributed by atoms with Crippen LogP contribution in [0.2, 0.25) is 0 Å². The Bertz CT molecular complexity index is 797. The van der Waals surface area contributed by atoms with Gasteiger partial charge >= 0.3 is 0 Å². The van der Waals surface area contributed by atoms with Crippen LogP contribution in [0.5, 0.6) is 5.75 Å². The molecule has 0 bridgehead atoms. The summed E-state index contributed by atoms with van der Waals surface area (Å²) in [6, 6.07) is 4.22. The van der Waals surface area contributed by atoms with Crippen molar-refractivity contribution in [1.82, 2.24) is 15.1 Å². The molecule has 1 aromatic heterocycles. The highest BCUT2D eigenvalue weighted by Crippen LogP contribution is 2.40. The van der Waals surface area contributed by atoms with Crippen LogP contribution in [0.15, 0.2) is 16.6 Å². The Kier molecular flexibility index (Phi) is 3.04. The van der Waals surface area contributed by atoms with Gasteiger partial charge in [-0.25, -0.2) is 0 Å². The smallest absolute Gasteiger partial charge is 0.270 e. The molecule has 1 N–H and O–H groups in total. The van der Waals surface area contributed by atoms with Gasteiger partial charge in [0.1, 0.15) is 11.4 Å². The average Bonchev–Trinajstić information content (AvgIpc) is 2.85. The lowest BCUT2D eigenvalue weighted by molar-refractivity contribution is 0.0900. The number of benzene rings is 1. The highest BCUT2D eigenvalue weighted by molar-refractivity contribution is 9.10. The lowest BCUT2D eigenvalue weighted by atomic mass is 9.88. The Morgan fingerprint density at radius 3 is 3.00 bits per heavy atom. The zero-order valence-electron chi connectivity index (χ0n) is 12.4. The second-order valence-corrected chi connectivity index (χ2v) is 6.73. The van der Waals surface area contributed by atoms with Crippen molar-refractivity contribution in [2.24, 2.45) is 0 Å². The van der Waals surface area contributed by atoms with Gasteiger partial charge in [0, 0.05) is 17.2 Å². The van der Waals surface area contributed by atoms with Gasteiger partial charge in [0.25, 0.3) is 5.91 Å². The molecule has 1 atom stereocenters. The highest BCUT2D eigenvalue weighted by Gasteiger charge is 2.32. The van der Waals surface area contributed by atoms with Gasteiger partial charge in [0.05, 0.1) is 23.8 Å². The van der Waals surface area contributed by atoms with E-state index in [-0.39, 0.29) is 11.9 Å². The van der Waals surface area contributed by atoms with E-state index >= 15 is 0 Å². The highest BCUT2D eigenvalue weighted by atomic mass is 79.9. The molecular weight excluding hydrogens is 346 g/mol. The molecule has 2 heterocycles. The largest absolute Gasteiger partial charge is 0.496 e. The maximum absolute atomic E-state index is 12.3. The number of nitrogens with one attached hydrogen (secondary N) is 1. The first-order chi connectivity index (χ1) is 10.6. The Hall–Kier alpha value is -1.82. The van der Waals surface area contributed by atoms with Gasteiger partial charge in [-0.1, -0.05) is 0 Å². The molecule has 1 aliphatic carbocycles. The number of hydrogen-bond acceptors (Lipinski definition) is 3. The van der Waals surface area contributed by atoms with Crippen molar-refractivity contribution in [3.8, 4) is 17.0 Å². The number of aryl methyl sites for hydroxylation is 1. The predicted molar refractivity (Wildman–Crippen MR) is 86.3 cm³/mol. The Morgan fingerprint density at radius 1 is 1.41 bits per heavy atom. The van der Waals surface area contributed by atoms with Gasteiger partial charge in [-0.15, -0.1) is 0 Å². The second kappa shape index (κ2) is 4.84. The zero-order chi connectivity index (χ0) is 15.4. The summed E-state index contributed by atoms with van der Waals surface area (Å²) >= 11 is 3.54.